The van der Waals surface area contributed by atoms with Crippen molar-refractivity contribution in [2.75, 3.05) is 24.7 Å². The van der Waals surface area contributed by atoms with Crippen LogP contribution in [0.15, 0.2) is 0 Å². The van der Waals surface area contributed by atoms with Crippen LogP contribution in [0.2, 0.25) is 0 Å². The summed E-state index contributed by atoms with van der Waals surface area (Å²) in [4.78, 5) is 24.2. The van der Waals surface area contributed by atoms with Crippen LogP contribution in [-0.4, -0.2) is 52.3 Å². The van der Waals surface area contributed by atoms with E-state index >= 15 is 0 Å². The van der Waals surface area contributed by atoms with Crippen LogP contribution in [0.5, 0.6) is 0 Å². The quantitative estimate of drug-likeness (QED) is 0.761. The molecule has 0 bridgehead atoms. The third-order valence-electron chi connectivity index (χ3n) is 3.00. The van der Waals surface area contributed by atoms with Gasteiger partial charge in [0.1, 0.15) is 12.1 Å². The Balaban J connectivity index is 2.24. The Kier molecular flexibility index (Phi) is 2.77. The number of cyclic esters (lactones) is 1. The number of carboxylic acid groups (broad SMARTS) is 1. The van der Waals surface area contributed by atoms with E-state index in [-0.39, 0.29) is 0 Å². The van der Waals surface area contributed by atoms with Gasteiger partial charge in [-0.05, 0) is 24.3 Å². The van der Waals surface area contributed by atoms with Gasteiger partial charge in [-0.1, -0.05) is 0 Å². The molecule has 0 aliphatic carbocycles. The fourth-order valence-electron chi connectivity index (χ4n) is 2.09. The van der Waals surface area contributed by atoms with Gasteiger partial charge >= 0.3 is 12.1 Å². The number of carbonyl (C=O) groups is 2. The summed E-state index contributed by atoms with van der Waals surface area (Å²) in [6, 6.07) is 0. The maximum absolute atomic E-state index is 11.4. The van der Waals surface area contributed by atoms with Gasteiger partial charge in [0, 0.05) is 0 Å². The smallest absolute Gasteiger partial charge is 0.410 e. The van der Waals surface area contributed by atoms with E-state index in [2.05, 4.69) is 0 Å². The highest BCUT2D eigenvalue weighted by molar-refractivity contribution is 7.99. The van der Waals surface area contributed by atoms with E-state index in [4.69, 9.17) is 4.74 Å². The number of amides is 1. The molecule has 0 aromatic heterocycles. The molecule has 1 amide bonds. The second kappa shape index (κ2) is 3.92. The third-order valence-corrected chi connectivity index (χ3v) is 3.98. The maximum Gasteiger partial charge on any atom is 0.410 e. The van der Waals surface area contributed by atoms with E-state index in [9.17, 15) is 14.7 Å². The minimum Gasteiger partial charge on any atom is -0.479 e. The molecule has 6 heteroatoms. The van der Waals surface area contributed by atoms with Gasteiger partial charge < -0.3 is 9.84 Å². The molecule has 84 valence electrons. The first-order chi connectivity index (χ1) is 7.17. The normalized spacial score (nSPS) is 25.1. The van der Waals surface area contributed by atoms with Gasteiger partial charge in [-0.15, -0.1) is 0 Å². The average molecular weight is 231 g/mol. The Morgan fingerprint density at radius 2 is 2.13 bits per heavy atom. The fourth-order valence-corrected chi connectivity index (χ4v) is 3.26. The summed E-state index contributed by atoms with van der Waals surface area (Å²) in [6.07, 6.45) is 0.550. The molecule has 2 fully saturated rings. The van der Waals surface area contributed by atoms with Crippen LogP contribution in [0.3, 0.4) is 0 Å². The molecule has 2 aliphatic rings. The number of hydrogen-bond donors (Lipinski definition) is 1. The second-order valence-corrected chi connectivity index (χ2v) is 4.94. The number of nitrogens with zero attached hydrogens (tertiary/aromatic N) is 1. The molecule has 5 nitrogen and oxygen atoms in total. The lowest BCUT2D eigenvalue weighted by molar-refractivity contribution is -0.150. The van der Waals surface area contributed by atoms with Crippen molar-refractivity contribution < 1.29 is 19.4 Å². The average Bonchev–Trinajstić information content (AvgIpc) is 2.66. The number of thioether (sulfide) groups is 1. The lowest BCUT2D eigenvalue weighted by atomic mass is 9.90. The molecule has 0 unspecified atom stereocenters. The van der Waals surface area contributed by atoms with E-state index in [1.165, 1.54) is 4.90 Å². The number of hydrogen-bond acceptors (Lipinski definition) is 4. The van der Waals surface area contributed by atoms with Crippen molar-refractivity contribution in [3.8, 4) is 0 Å². The molecule has 0 aromatic carbocycles. The maximum atomic E-state index is 11.4. The minimum atomic E-state index is -1.02. The third kappa shape index (κ3) is 1.67. The summed E-state index contributed by atoms with van der Waals surface area (Å²) in [7, 11) is 0. The molecule has 0 atom stereocenters. The van der Waals surface area contributed by atoms with Crippen molar-refractivity contribution in [2.45, 2.75) is 18.4 Å². The largest absolute Gasteiger partial charge is 0.479 e. The number of carbonyl (C=O) groups excluding carboxylic acids is 1. The Bertz CT molecular complexity index is 288. The van der Waals surface area contributed by atoms with Crippen molar-refractivity contribution in [2.24, 2.45) is 0 Å². The zero-order valence-electron chi connectivity index (χ0n) is 8.27. The molecule has 0 radical (unpaired) electrons. The monoisotopic (exact) mass is 231 g/mol. The summed E-state index contributed by atoms with van der Waals surface area (Å²) < 4.78 is 4.81. The number of ether oxygens (including phenoxy) is 1. The molecule has 0 spiro atoms. The lowest BCUT2D eigenvalue weighted by Gasteiger charge is -2.38. The van der Waals surface area contributed by atoms with Gasteiger partial charge in [0.25, 0.3) is 0 Å². The molecule has 1 N–H and O–H groups in total. The molecule has 2 saturated heterocycles. The van der Waals surface area contributed by atoms with Gasteiger partial charge in [-0.3, -0.25) is 4.90 Å². The summed E-state index contributed by atoms with van der Waals surface area (Å²) in [6.45, 7) is 0.705. The van der Waals surface area contributed by atoms with Crippen molar-refractivity contribution in [3.05, 3.63) is 0 Å². The van der Waals surface area contributed by atoms with E-state index in [0.29, 0.717) is 26.0 Å². The zero-order chi connectivity index (χ0) is 10.9. The fraction of sp³-hybridized carbons (Fsp3) is 0.778. The highest BCUT2D eigenvalue weighted by atomic mass is 32.2. The molecule has 15 heavy (non-hydrogen) atoms. The van der Waals surface area contributed by atoms with E-state index < -0.39 is 17.6 Å². The second-order valence-electron chi connectivity index (χ2n) is 3.72. The first-order valence-electron chi connectivity index (χ1n) is 4.92. The molecular weight excluding hydrogens is 218 g/mol. The zero-order valence-corrected chi connectivity index (χ0v) is 9.09. The minimum absolute atomic E-state index is 0.307. The first-order valence-corrected chi connectivity index (χ1v) is 6.08. The number of rotatable bonds is 2. The van der Waals surface area contributed by atoms with Crippen LogP contribution in [-0.2, 0) is 9.53 Å². The van der Waals surface area contributed by atoms with Crippen molar-refractivity contribution in [1.82, 2.24) is 4.90 Å². The Morgan fingerprint density at radius 1 is 1.47 bits per heavy atom. The first kappa shape index (κ1) is 10.6. The van der Waals surface area contributed by atoms with Crippen LogP contribution in [0.1, 0.15) is 12.8 Å². The highest BCUT2D eigenvalue weighted by Crippen LogP contribution is 2.34. The van der Waals surface area contributed by atoms with E-state index in [0.717, 1.165) is 11.5 Å². The molecule has 0 aromatic rings. The standard InChI is InChI=1S/C9H13NO4S/c11-7(12)9(1-5-15-6-2-9)10-3-4-14-8(10)13/h1-6H2,(H,11,12). The Labute approximate surface area is 91.8 Å². The number of carboxylic acids is 1. The molecule has 0 saturated carbocycles. The van der Waals surface area contributed by atoms with Crippen molar-refractivity contribution in [1.29, 1.82) is 0 Å². The van der Waals surface area contributed by atoms with E-state index in [1.54, 1.807) is 11.8 Å². The van der Waals surface area contributed by atoms with Crippen molar-refractivity contribution >= 4 is 23.8 Å². The van der Waals surface area contributed by atoms with Gasteiger partial charge in [0.15, 0.2) is 0 Å². The topological polar surface area (TPSA) is 66.8 Å². The van der Waals surface area contributed by atoms with Crippen LogP contribution in [0, 0.1) is 0 Å². The summed E-state index contributed by atoms with van der Waals surface area (Å²) in [5.41, 5.74) is -1.02. The highest BCUT2D eigenvalue weighted by Gasteiger charge is 2.49. The van der Waals surface area contributed by atoms with Gasteiger partial charge in [0.2, 0.25) is 0 Å². The molecular formula is C9H13NO4S. The van der Waals surface area contributed by atoms with Gasteiger partial charge in [0.05, 0.1) is 6.54 Å². The van der Waals surface area contributed by atoms with Crippen LogP contribution >= 0.6 is 11.8 Å². The lowest BCUT2D eigenvalue weighted by Crippen LogP contribution is -2.57. The van der Waals surface area contributed by atoms with E-state index in [1.807, 2.05) is 0 Å². The van der Waals surface area contributed by atoms with Crippen LogP contribution < -0.4 is 0 Å². The molecule has 2 rings (SSSR count). The van der Waals surface area contributed by atoms with Crippen molar-refractivity contribution in [3.63, 3.8) is 0 Å². The summed E-state index contributed by atoms with van der Waals surface area (Å²) in [5, 5.41) is 9.31. The van der Waals surface area contributed by atoms with Crippen LogP contribution in [0.25, 0.3) is 0 Å². The number of aliphatic carboxylic acids is 1. The Hall–Kier alpha value is -0.910. The summed E-state index contributed by atoms with van der Waals surface area (Å²) in [5.74, 6) is 0.674. The predicted octanol–water partition coefficient (Wildman–Crippen LogP) is 0.789. The SMILES string of the molecule is O=C1OCCN1C1(C(=O)O)CCSCC1. The van der Waals surface area contributed by atoms with Gasteiger partial charge in [-0.2, -0.15) is 11.8 Å². The molecule has 2 aliphatic heterocycles. The van der Waals surface area contributed by atoms with Crippen LogP contribution in [0.4, 0.5) is 4.79 Å². The van der Waals surface area contributed by atoms with Gasteiger partial charge in [-0.25, -0.2) is 9.59 Å². The Morgan fingerprint density at radius 3 is 2.60 bits per heavy atom. The summed E-state index contributed by atoms with van der Waals surface area (Å²) >= 11 is 1.73. The molecule has 2 heterocycles. The predicted molar refractivity (Wildman–Crippen MR) is 55.0 cm³/mol.